The van der Waals surface area contributed by atoms with Gasteiger partial charge in [-0.25, -0.2) is 4.98 Å². The summed E-state index contributed by atoms with van der Waals surface area (Å²) in [6.07, 6.45) is 0.827. The van der Waals surface area contributed by atoms with Crippen LogP contribution in [0.1, 0.15) is 36.0 Å². The minimum atomic E-state index is 0.471. The van der Waals surface area contributed by atoms with Gasteiger partial charge in [0.1, 0.15) is 5.75 Å². The number of para-hydroxylation sites is 1. The Labute approximate surface area is 123 Å². The van der Waals surface area contributed by atoms with Crippen molar-refractivity contribution in [3.05, 3.63) is 45.9 Å². The van der Waals surface area contributed by atoms with Gasteiger partial charge in [-0.2, -0.15) is 0 Å². The molecule has 0 saturated carbocycles. The average molecular weight is 296 g/mol. The maximum Gasteiger partial charge on any atom is 0.122 e. The second-order valence-electron chi connectivity index (χ2n) is 4.66. The smallest absolute Gasteiger partial charge is 0.122 e. The first kappa shape index (κ1) is 14.4. The number of halogens is 1. The van der Waals surface area contributed by atoms with Gasteiger partial charge in [0.15, 0.2) is 0 Å². The zero-order chi connectivity index (χ0) is 13.7. The summed E-state index contributed by atoms with van der Waals surface area (Å²) in [4.78, 5) is 4.42. The van der Waals surface area contributed by atoms with E-state index in [0.29, 0.717) is 18.4 Å². The highest BCUT2D eigenvalue weighted by Gasteiger charge is 2.07. The third kappa shape index (κ3) is 3.95. The van der Waals surface area contributed by atoms with Crippen LogP contribution in [0.5, 0.6) is 5.75 Å². The van der Waals surface area contributed by atoms with E-state index in [1.165, 1.54) is 5.56 Å². The maximum absolute atomic E-state index is 5.88. The van der Waals surface area contributed by atoms with Crippen molar-refractivity contribution in [3.63, 3.8) is 0 Å². The summed E-state index contributed by atoms with van der Waals surface area (Å²) < 4.78 is 5.88. The van der Waals surface area contributed by atoms with Crippen LogP contribution in [0.25, 0.3) is 0 Å². The highest BCUT2D eigenvalue weighted by Crippen LogP contribution is 2.26. The van der Waals surface area contributed by atoms with Crippen LogP contribution in [-0.2, 0) is 12.3 Å². The average Bonchev–Trinajstić information content (AvgIpc) is 2.87. The van der Waals surface area contributed by atoms with Gasteiger partial charge in [0, 0.05) is 11.8 Å². The largest absolute Gasteiger partial charge is 0.493 e. The van der Waals surface area contributed by atoms with Crippen LogP contribution in [-0.4, -0.2) is 11.6 Å². The summed E-state index contributed by atoms with van der Waals surface area (Å²) in [5, 5.41) is 3.09. The molecule has 0 unspecified atom stereocenters. The lowest BCUT2D eigenvalue weighted by atomic mass is 10.0. The lowest BCUT2D eigenvalue weighted by Gasteiger charge is -2.13. The molecule has 19 heavy (non-hydrogen) atoms. The molecule has 1 heterocycles. The summed E-state index contributed by atoms with van der Waals surface area (Å²) in [5.74, 6) is 1.93. The summed E-state index contributed by atoms with van der Waals surface area (Å²) in [6, 6.07) is 8.21. The Kier molecular flexibility index (Phi) is 5.23. The molecule has 102 valence electrons. The van der Waals surface area contributed by atoms with E-state index < -0.39 is 0 Å². The van der Waals surface area contributed by atoms with Crippen molar-refractivity contribution in [2.45, 2.75) is 32.1 Å². The zero-order valence-electron chi connectivity index (χ0n) is 11.2. The molecule has 0 fully saturated rings. The van der Waals surface area contributed by atoms with Gasteiger partial charge in [0.25, 0.3) is 0 Å². The molecule has 0 spiro atoms. The Hall–Kier alpha value is -1.06. The molecule has 1 aromatic heterocycles. The number of aromatic nitrogens is 1. The molecule has 0 atom stereocenters. The number of alkyl halides is 1. The summed E-state index contributed by atoms with van der Waals surface area (Å²) in [6.45, 7) is 5.00. The maximum atomic E-state index is 5.88. The van der Waals surface area contributed by atoms with Crippen LogP contribution in [0.4, 0.5) is 0 Å². The van der Waals surface area contributed by atoms with E-state index in [1.807, 2.05) is 17.5 Å². The molecular weight excluding hydrogens is 278 g/mol. The predicted octanol–water partition coefficient (Wildman–Crippen LogP) is 4.63. The summed E-state index contributed by atoms with van der Waals surface area (Å²) >= 11 is 7.38. The zero-order valence-corrected chi connectivity index (χ0v) is 12.8. The standard InChI is InChI=1S/C15H18ClNOS/c1-11(2)13-5-3-4-6-14(13)18-8-7-15-17-12(9-16)10-19-15/h3-6,10-11H,7-9H2,1-2H3. The number of rotatable bonds is 6. The van der Waals surface area contributed by atoms with Gasteiger partial charge in [-0.05, 0) is 17.5 Å². The third-order valence-electron chi connectivity index (χ3n) is 2.85. The van der Waals surface area contributed by atoms with Gasteiger partial charge >= 0.3 is 0 Å². The quantitative estimate of drug-likeness (QED) is 0.725. The number of nitrogens with zero attached hydrogens (tertiary/aromatic N) is 1. The van der Waals surface area contributed by atoms with Crippen LogP contribution in [0.15, 0.2) is 29.6 Å². The van der Waals surface area contributed by atoms with Gasteiger partial charge < -0.3 is 4.74 Å². The monoisotopic (exact) mass is 295 g/mol. The van der Waals surface area contributed by atoms with Gasteiger partial charge in [-0.15, -0.1) is 22.9 Å². The van der Waals surface area contributed by atoms with Crippen molar-refractivity contribution >= 4 is 22.9 Å². The van der Waals surface area contributed by atoms with E-state index in [9.17, 15) is 0 Å². The van der Waals surface area contributed by atoms with Crippen LogP contribution in [0.3, 0.4) is 0 Å². The van der Waals surface area contributed by atoms with Gasteiger partial charge in [-0.3, -0.25) is 0 Å². The Morgan fingerprint density at radius 1 is 1.32 bits per heavy atom. The minimum Gasteiger partial charge on any atom is -0.493 e. The van der Waals surface area contributed by atoms with Gasteiger partial charge in [0.2, 0.25) is 0 Å². The van der Waals surface area contributed by atoms with Crippen molar-refractivity contribution in [3.8, 4) is 5.75 Å². The van der Waals surface area contributed by atoms with E-state index in [-0.39, 0.29) is 0 Å². The van der Waals surface area contributed by atoms with Crippen LogP contribution >= 0.6 is 22.9 Å². The number of hydrogen-bond donors (Lipinski definition) is 0. The lowest BCUT2D eigenvalue weighted by Crippen LogP contribution is -2.04. The first-order valence-corrected chi connectivity index (χ1v) is 7.83. The summed E-state index contributed by atoms with van der Waals surface area (Å²) in [7, 11) is 0. The molecule has 0 N–H and O–H groups in total. The van der Waals surface area contributed by atoms with Crippen molar-refractivity contribution in [1.82, 2.24) is 4.98 Å². The van der Waals surface area contributed by atoms with E-state index in [0.717, 1.165) is 22.9 Å². The van der Waals surface area contributed by atoms with Crippen molar-refractivity contribution < 1.29 is 4.74 Å². The Balaban J connectivity index is 1.92. The topological polar surface area (TPSA) is 22.1 Å². The molecule has 2 rings (SSSR count). The van der Waals surface area contributed by atoms with E-state index >= 15 is 0 Å². The Morgan fingerprint density at radius 2 is 2.11 bits per heavy atom. The van der Waals surface area contributed by atoms with Crippen molar-refractivity contribution in [1.29, 1.82) is 0 Å². The fraction of sp³-hybridized carbons (Fsp3) is 0.400. The molecular formula is C15H18ClNOS. The van der Waals surface area contributed by atoms with E-state index in [4.69, 9.17) is 16.3 Å². The second kappa shape index (κ2) is 6.92. The molecule has 2 aromatic rings. The molecule has 0 aliphatic carbocycles. The first-order valence-electron chi connectivity index (χ1n) is 6.41. The molecule has 0 saturated heterocycles. The highest BCUT2D eigenvalue weighted by molar-refractivity contribution is 7.09. The molecule has 0 aliphatic heterocycles. The molecule has 2 nitrogen and oxygen atoms in total. The van der Waals surface area contributed by atoms with Crippen LogP contribution in [0, 0.1) is 0 Å². The van der Waals surface area contributed by atoms with E-state index in [1.54, 1.807) is 11.3 Å². The number of hydrogen-bond acceptors (Lipinski definition) is 3. The Morgan fingerprint density at radius 3 is 2.79 bits per heavy atom. The van der Waals surface area contributed by atoms with Crippen molar-refractivity contribution in [2.75, 3.05) is 6.61 Å². The Bertz CT molecular complexity index is 524. The van der Waals surface area contributed by atoms with Gasteiger partial charge in [-0.1, -0.05) is 32.0 Å². The molecule has 0 amide bonds. The first-order chi connectivity index (χ1) is 9.20. The van der Waals surface area contributed by atoms with Crippen LogP contribution in [0.2, 0.25) is 0 Å². The van der Waals surface area contributed by atoms with Crippen molar-refractivity contribution in [2.24, 2.45) is 0 Å². The molecule has 0 bridgehead atoms. The number of ether oxygens (including phenoxy) is 1. The fourth-order valence-electron chi connectivity index (χ4n) is 1.86. The SMILES string of the molecule is CC(C)c1ccccc1OCCc1nc(CCl)cs1. The highest BCUT2D eigenvalue weighted by atomic mass is 35.5. The molecule has 1 aromatic carbocycles. The van der Waals surface area contributed by atoms with Gasteiger partial charge in [0.05, 0.1) is 23.2 Å². The number of benzene rings is 1. The third-order valence-corrected chi connectivity index (χ3v) is 4.08. The number of thiazole rings is 1. The molecule has 0 radical (unpaired) electrons. The fourth-order valence-corrected chi connectivity index (χ4v) is 2.87. The molecule has 4 heteroatoms. The lowest BCUT2D eigenvalue weighted by molar-refractivity contribution is 0.317. The normalized spacial score (nSPS) is 10.9. The predicted molar refractivity (Wildman–Crippen MR) is 81.4 cm³/mol. The summed E-state index contributed by atoms with van der Waals surface area (Å²) in [5.41, 5.74) is 2.20. The molecule has 0 aliphatic rings. The minimum absolute atomic E-state index is 0.471. The van der Waals surface area contributed by atoms with Crippen LogP contribution < -0.4 is 4.74 Å². The van der Waals surface area contributed by atoms with E-state index in [2.05, 4.69) is 31.0 Å². The second-order valence-corrected chi connectivity index (χ2v) is 5.87.